The maximum atomic E-state index is 11.6. The van der Waals surface area contributed by atoms with Crippen LogP contribution in [0.5, 0.6) is 11.5 Å². The van der Waals surface area contributed by atoms with Gasteiger partial charge in [0.2, 0.25) is 0 Å². The van der Waals surface area contributed by atoms with Gasteiger partial charge >= 0.3 is 5.63 Å². The molecule has 0 saturated carbocycles. The van der Waals surface area contributed by atoms with Crippen LogP contribution in [0.15, 0.2) is 39.5 Å². The summed E-state index contributed by atoms with van der Waals surface area (Å²) in [5.41, 5.74) is 1.12. The second kappa shape index (κ2) is 4.56. The lowest BCUT2D eigenvalue weighted by Crippen LogP contribution is -1.98. The highest BCUT2D eigenvalue weighted by Gasteiger charge is 2.11. The molecule has 20 heavy (non-hydrogen) atoms. The number of hydrogen-bond acceptors (Lipinski definition) is 4. The lowest BCUT2D eigenvalue weighted by atomic mass is 10.0. The molecule has 0 unspecified atom stereocenters. The van der Waals surface area contributed by atoms with E-state index in [9.17, 15) is 4.79 Å². The maximum Gasteiger partial charge on any atom is 0.336 e. The first-order chi connectivity index (χ1) is 9.63. The summed E-state index contributed by atoms with van der Waals surface area (Å²) in [7, 11) is 3.17. The lowest BCUT2D eigenvalue weighted by molar-refractivity contribution is 0.356. The number of benzene rings is 2. The molecule has 0 spiro atoms. The molecule has 0 aliphatic rings. The molecule has 1 aromatic heterocycles. The average molecular weight is 270 g/mol. The van der Waals surface area contributed by atoms with E-state index in [0.717, 1.165) is 21.7 Å². The Labute approximate surface area is 115 Å². The fraction of sp³-hybridized carbons (Fsp3) is 0.188. The van der Waals surface area contributed by atoms with Gasteiger partial charge in [0.15, 0.2) is 11.5 Å². The quantitative estimate of drug-likeness (QED) is 0.529. The number of hydrogen-bond donors (Lipinski definition) is 0. The van der Waals surface area contributed by atoms with Gasteiger partial charge in [0.25, 0.3) is 0 Å². The molecule has 0 bridgehead atoms. The molecule has 3 rings (SSSR count). The molecule has 0 atom stereocenters. The standard InChI is InChI=1S/C16H14O4/c1-9-6-15(17)20-16-11(9)5-4-10-7-13(18-2)14(19-3)8-12(10)16/h4-8H,1-3H3. The minimum Gasteiger partial charge on any atom is -0.493 e. The SMILES string of the molecule is COc1cc2ccc3c(C)cc(=O)oc3c2cc1OC. The van der Waals surface area contributed by atoms with Crippen LogP contribution in [0.1, 0.15) is 5.56 Å². The lowest BCUT2D eigenvalue weighted by Gasteiger charge is -2.10. The van der Waals surface area contributed by atoms with Crippen LogP contribution < -0.4 is 15.1 Å². The Morgan fingerprint density at radius 2 is 1.65 bits per heavy atom. The molecular weight excluding hydrogens is 256 g/mol. The normalized spacial score (nSPS) is 10.9. The minimum absolute atomic E-state index is 0.350. The Kier molecular flexibility index (Phi) is 2.86. The molecule has 4 heteroatoms. The van der Waals surface area contributed by atoms with Crippen molar-refractivity contribution in [3.8, 4) is 11.5 Å². The van der Waals surface area contributed by atoms with E-state index in [4.69, 9.17) is 13.9 Å². The first-order valence-electron chi connectivity index (χ1n) is 6.23. The number of aryl methyl sites for hydroxylation is 1. The molecule has 4 nitrogen and oxygen atoms in total. The van der Waals surface area contributed by atoms with Crippen molar-refractivity contribution in [2.75, 3.05) is 14.2 Å². The average Bonchev–Trinajstić information content (AvgIpc) is 2.45. The molecule has 0 saturated heterocycles. The van der Waals surface area contributed by atoms with E-state index in [1.165, 1.54) is 6.07 Å². The topological polar surface area (TPSA) is 48.7 Å². The molecule has 0 N–H and O–H groups in total. The van der Waals surface area contributed by atoms with Gasteiger partial charge in [-0.25, -0.2) is 4.79 Å². The van der Waals surface area contributed by atoms with Crippen molar-refractivity contribution < 1.29 is 13.9 Å². The monoisotopic (exact) mass is 270 g/mol. The molecule has 0 amide bonds. The van der Waals surface area contributed by atoms with Crippen LogP contribution in [0.2, 0.25) is 0 Å². The number of ether oxygens (including phenoxy) is 2. The van der Waals surface area contributed by atoms with Gasteiger partial charge in [-0.15, -0.1) is 0 Å². The van der Waals surface area contributed by atoms with E-state index in [2.05, 4.69) is 0 Å². The highest BCUT2D eigenvalue weighted by molar-refractivity contribution is 6.06. The summed E-state index contributed by atoms with van der Waals surface area (Å²) in [6.07, 6.45) is 0. The van der Waals surface area contributed by atoms with Crippen molar-refractivity contribution in [3.05, 3.63) is 46.3 Å². The van der Waals surface area contributed by atoms with Crippen molar-refractivity contribution in [2.24, 2.45) is 0 Å². The summed E-state index contributed by atoms with van der Waals surface area (Å²) in [6.45, 7) is 1.89. The zero-order chi connectivity index (χ0) is 14.3. The van der Waals surface area contributed by atoms with Gasteiger partial charge in [-0.3, -0.25) is 0 Å². The number of fused-ring (bicyclic) bond motifs is 3. The summed E-state index contributed by atoms with van der Waals surface area (Å²) < 4.78 is 16.0. The summed E-state index contributed by atoms with van der Waals surface area (Å²) >= 11 is 0. The molecule has 0 radical (unpaired) electrons. The third kappa shape index (κ3) is 1.81. The Morgan fingerprint density at radius 3 is 2.35 bits per heavy atom. The number of rotatable bonds is 2. The summed E-state index contributed by atoms with van der Waals surface area (Å²) in [5.74, 6) is 1.26. The van der Waals surface area contributed by atoms with Gasteiger partial charge in [0.1, 0.15) is 5.58 Å². The second-order valence-corrected chi connectivity index (χ2v) is 4.62. The molecule has 0 fully saturated rings. The molecule has 0 aliphatic heterocycles. The predicted octanol–water partition coefficient (Wildman–Crippen LogP) is 3.27. The zero-order valence-corrected chi connectivity index (χ0v) is 11.5. The van der Waals surface area contributed by atoms with Crippen LogP contribution in [-0.2, 0) is 0 Å². The molecule has 0 aliphatic carbocycles. The third-order valence-corrected chi connectivity index (χ3v) is 3.44. The van der Waals surface area contributed by atoms with Crippen LogP contribution in [0, 0.1) is 6.92 Å². The second-order valence-electron chi connectivity index (χ2n) is 4.62. The van der Waals surface area contributed by atoms with E-state index in [-0.39, 0.29) is 5.63 Å². The first-order valence-corrected chi connectivity index (χ1v) is 6.23. The van der Waals surface area contributed by atoms with Crippen molar-refractivity contribution >= 4 is 21.7 Å². The van der Waals surface area contributed by atoms with Crippen LogP contribution in [-0.4, -0.2) is 14.2 Å². The van der Waals surface area contributed by atoms with Crippen LogP contribution in [0.3, 0.4) is 0 Å². The van der Waals surface area contributed by atoms with Crippen LogP contribution in [0.25, 0.3) is 21.7 Å². The Morgan fingerprint density at radius 1 is 0.950 bits per heavy atom. The van der Waals surface area contributed by atoms with E-state index < -0.39 is 0 Å². The van der Waals surface area contributed by atoms with Crippen molar-refractivity contribution in [1.29, 1.82) is 0 Å². The number of methoxy groups -OCH3 is 2. The largest absolute Gasteiger partial charge is 0.493 e. The van der Waals surface area contributed by atoms with E-state index in [0.29, 0.717) is 17.1 Å². The highest BCUT2D eigenvalue weighted by Crippen LogP contribution is 2.35. The van der Waals surface area contributed by atoms with Gasteiger partial charge in [-0.2, -0.15) is 0 Å². The van der Waals surface area contributed by atoms with E-state index in [1.54, 1.807) is 14.2 Å². The molecule has 102 valence electrons. The van der Waals surface area contributed by atoms with E-state index in [1.807, 2.05) is 31.2 Å². The fourth-order valence-electron chi connectivity index (χ4n) is 2.43. The van der Waals surface area contributed by atoms with E-state index >= 15 is 0 Å². The summed E-state index contributed by atoms with van der Waals surface area (Å²) in [4.78, 5) is 11.6. The Bertz CT molecular complexity index is 862. The molecule has 3 aromatic rings. The first kappa shape index (κ1) is 12.5. The summed E-state index contributed by atoms with van der Waals surface area (Å²) in [5, 5.41) is 2.69. The summed E-state index contributed by atoms with van der Waals surface area (Å²) in [6, 6.07) is 9.12. The third-order valence-electron chi connectivity index (χ3n) is 3.44. The smallest absolute Gasteiger partial charge is 0.336 e. The van der Waals surface area contributed by atoms with Gasteiger partial charge in [-0.1, -0.05) is 12.1 Å². The Balaban J connectivity index is 2.50. The Hall–Kier alpha value is -2.49. The van der Waals surface area contributed by atoms with Crippen molar-refractivity contribution in [1.82, 2.24) is 0 Å². The van der Waals surface area contributed by atoms with Gasteiger partial charge in [0.05, 0.1) is 14.2 Å². The molecular formula is C16H14O4. The van der Waals surface area contributed by atoms with Crippen molar-refractivity contribution in [2.45, 2.75) is 6.92 Å². The predicted molar refractivity (Wildman–Crippen MR) is 77.8 cm³/mol. The van der Waals surface area contributed by atoms with Gasteiger partial charge < -0.3 is 13.9 Å². The molecule has 1 heterocycles. The van der Waals surface area contributed by atoms with Crippen molar-refractivity contribution in [3.63, 3.8) is 0 Å². The van der Waals surface area contributed by atoms with Gasteiger partial charge in [0, 0.05) is 16.8 Å². The zero-order valence-electron chi connectivity index (χ0n) is 11.5. The minimum atomic E-state index is -0.350. The van der Waals surface area contributed by atoms with Crippen LogP contribution in [0.4, 0.5) is 0 Å². The van der Waals surface area contributed by atoms with Crippen LogP contribution >= 0.6 is 0 Å². The highest BCUT2D eigenvalue weighted by atomic mass is 16.5. The van der Waals surface area contributed by atoms with Gasteiger partial charge in [-0.05, 0) is 30.0 Å². The maximum absolute atomic E-state index is 11.6. The fourth-order valence-corrected chi connectivity index (χ4v) is 2.43. The molecule has 2 aromatic carbocycles.